The zero-order valence-corrected chi connectivity index (χ0v) is 7.12. The third kappa shape index (κ3) is 1.41. The molecule has 5 heteroatoms. The Morgan fingerprint density at radius 1 is 1.55 bits per heavy atom. The fraction of sp³-hybridized carbons (Fsp3) is 0. The maximum atomic E-state index is 5.48. The van der Waals surface area contributed by atoms with E-state index in [0.29, 0.717) is 5.13 Å². The summed E-state index contributed by atoms with van der Waals surface area (Å²) in [5.74, 6) is 0. The molecule has 3 nitrogen and oxygen atoms in total. The molecule has 0 spiro atoms. The predicted molar refractivity (Wildman–Crippen MR) is 40.6 cm³/mol. The highest BCUT2D eigenvalue weighted by Gasteiger charge is 2.03. The molecule has 0 bridgehead atoms. The Hall–Kier alpha value is -0.870. The molecule has 58 valence electrons. The maximum Gasteiger partial charge on any atom is 0.289 e. The lowest BCUT2D eigenvalue weighted by molar-refractivity contribution is -0.341. The van der Waals surface area contributed by atoms with Gasteiger partial charge < -0.3 is 18.1 Å². The van der Waals surface area contributed by atoms with Crippen LogP contribution in [0.1, 0.15) is 0 Å². The van der Waals surface area contributed by atoms with E-state index in [0.717, 1.165) is 10.3 Å². The van der Waals surface area contributed by atoms with Crippen molar-refractivity contribution in [2.45, 2.75) is 0 Å². The van der Waals surface area contributed by atoms with Crippen molar-refractivity contribution in [3.63, 3.8) is 0 Å². The van der Waals surface area contributed by atoms with Gasteiger partial charge in [-0.3, -0.25) is 0 Å². The second-order valence-corrected chi connectivity index (χ2v) is 2.97. The van der Waals surface area contributed by atoms with Crippen LogP contribution in [0, 0.1) is 0 Å². The standard InChI is InChI=1S/C6H5N3S.ClH/c7-6-9-4-2-1-3-8-5(4)10-6;/h1-3H,(H2,7,9);1H. The van der Waals surface area contributed by atoms with Crippen molar-refractivity contribution in [2.24, 2.45) is 0 Å². The molecule has 0 radical (unpaired) electrons. The van der Waals surface area contributed by atoms with Crippen LogP contribution >= 0.6 is 11.3 Å². The van der Waals surface area contributed by atoms with E-state index in [-0.39, 0.29) is 12.4 Å². The van der Waals surface area contributed by atoms with Crippen LogP contribution < -0.4 is 23.1 Å². The number of nitrogens with two attached hydrogens (primary N) is 1. The molecule has 2 aromatic rings. The lowest BCUT2D eigenvalue weighted by Gasteiger charge is -1.73. The maximum absolute atomic E-state index is 5.48. The van der Waals surface area contributed by atoms with Crippen LogP contribution in [0.15, 0.2) is 18.3 Å². The third-order valence-corrected chi connectivity index (χ3v) is 2.07. The summed E-state index contributed by atoms with van der Waals surface area (Å²) >= 11 is 1.46. The number of pyridine rings is 1. The van der Waals surface area contributed by atoms with Crippen LogP contribution in [0.4, 0.5) is 5.13 Å². The number of fused-ring (bicyclic) bond motifs is 1. The van der Waals surface area contributed by atoms with E-state index in [1.165, 1.54) is 11.3 Å². The molecule has 0 aliphatic rings. The first-order chi connectivity index (χ1) is 4.86. The second kappa shape index (κ2) is 3.02. The first kappa shape index (κ1) is 8.23. The van der Waals surface area contributed by atoms with E-state index < -0.39 is 0 Å². The molecular formula is C6H6ClN3S. The van der Waals surface area contributed by atoms with Crippen molar-refractivity contribution in [1.82, 2.24) is 4.98 Å². The summed E-state index contributed by atoms with van der Waals surface area (Å²) in [5, 5.41) is 0.609. The molecule has 0 aliphatic heterocycles. The lowest BCUT2D eigenvalue weighted by atomic mass is 10.5. The molecule has 2 rings (SSSR count). The quantitative estimate of drug-likeness (QED) is 0.504. The summed E-state index contributed by atoms with van der Waals surface area (Å²) in [6.45, 7) is 0. The molecule has 2 heterocycles. The van der Waals surface area contributed by atoms with Gasteiger partial charge in [0.05, 0.1) is 0 Å². The number of nitrogen functional groups attached to an aromatic ring is 1. The van der Waals surface area contributed by atoms with E-state index in [1.807, 2.05) is 18.3 Å². The summed E-state index contributed by atoms with van der Waals surface area (Å²) in [7, 11) is 0. The number of nitrogens with zero attached hydrogens (tertiary/aromatic N) is 1. The zero-order chi connectivity index (χ0) is 6.97. The average molecular weight is 188 g/mol. The number of aromatic amines is 1. The van der Waals surface area contributed by atoms with Gasteiger partial charge in [0.2, 0.25) is 0 Å². The number of halogens is 1. The van der Waals surface area contributed by atoms with Gasteiger partial charge in [0.25, 0.3) is 4.83 Å². The van der Waals surface area contributed by atoms with Gasteiger partial charge in [0, 0.05) is 6.07 Å². The number of thiazole rings is 1. The van der Waals surface area contributed by atoms with Crippen molar-refractivity contribution in [3.8, 4) is 0 Å². The molecule has 0 aliphatic carbocycles. The van der Waals surface area contributed by atoms with Crippen LogP contribution in [0.3, 0.4) is 0 Å². The van der Waals surface area contributed by atoms with Crippen molar-refractivity contribution in [3.05, 3.63) is 18.3 Å². The van der Waals surface area contributed by atoms with Gasteiger partial charge in [0.1, 0.15) is 5.52 Å². The van der Waals surface area contributed by atoms with Crippen LogP contribution in [0.5, 0.6) is 0 Å². The smallest absolute Gasteiger partial charge is 0.289 e. The van der Waals surface area contributed by atoms with Crippen molar-refractivity contribution in [2.75, 3.05) is 5.73 Å². The van der Waals surface area contributed by atoms with Crippen LogP contribution in [-0.4, -0.2) is 4.98 Å². The minimum Gasteiger partial charge on any atom is -1.00 e. The fourth-order valence-electron chi connectivity index (χ4n) is 0.829. The fourth-order valence-corrected chi connectivity index (χ4v) is 1.53. The highest BCUT2D eigenvalue weighted by atomic mass is 35.5. The van der Waals surface area contributed by atoms with Gasteiger partial charge in [-0.05, 0) is 17.4 Å². The minimum atomic E-state index is 0. The summed E-state index contributed by atoms with van der Waals surface area (Å²) in [6, 6.07) is 3.83. The van der Waals surface area contributed by atoms with Gasteiger partial charge in [0.15, 0.2) is 11.3 Å². The predicted octanol–water partition coefficient (Wildman–Crippen LogP) is -2.30. The molecular weight excluding hydrogens is 182 g/mol. The largest absolute Gasteiger partial charge is 1.00 e. The Bertz CT molecular complexity index is 326. The van der Waals surface area contributed by atoms with Gasteiger partial charge in [-0.15, -0.1) is 0 Å². The number of anilines is 1. The van der Waals surface area contributed by atoms with Crippen LogP contribution in [0.2, 0.25) is 0 Å². The Morgan fingerprint density at radius 3 is 3.09 bits per heavy atom. The van der Waals surface area contributed by atoms with E-state index in [4.69, 9.17) is 5.73 Å². The number of aromatic nitrogens is 2. The van der Waals surface area contributed by atoms with Crippen molar-refractivity contribution >= 4 is 26.8 Å². The Labute approximate surface area is 73.7 Å². The van der Waals surface area contributed by atoms with E-state index in [2.05, 4.69) is 9.97 Å². The molecule has 0 saturated heterocycles. The summed E-state index contributed by atoms with van der Waals surface area (Å²) < 4.78 is 0. The summed E-state index contributed by atoms with van der Waals surface area (Å²) in [4.78, 5) is 8.15. The van der Waals surface area contributed by atoms with Crippen molar-refractivity contribution in [1.29, 1.82) is 0 Å². The van der Waals surface area contributed by atoms with Gasteiger partial charge in [-0.1, -0.05) is 0 Å². The summed E-state index contributed by atoms with van der Waals surface area (Å²) in [6.07, 6.45) is 1.86. The number of hydrogen-bond donors (Lipinski definition) is 1. The zero-order valence-electron chi connectivity index (χ0n) is 5.54. The minimum absolute atomic E-state index is 0. The average Bonchev–Trinajstić information content (AvgIpc) is 2.27. The molecule has 0 atom stereocenters. The number of nitrogens with one attached hydrogen (secondary N) is 1. The number of H-pyrrole nitrogens is 1. The molecule has 0 aromatic carbocycles. The Morgan fingerprint density at radius 2 is 2.36 bits per heavy atom. The summed E-state index contributed by atoms with van der Waals surface area (Å²) in [5.41, 5.74) is 6.41. The molecule has 11 heavy (non-hydrogen) atoms. The van der Waals surface area contributed by atoms with Crippen molar-refractivity contribution < 1.29 is 17.4 Å². The molecule has 2 aromatic heterocycles. The SMILES string of the molecule is Nc1nc2ccc[nH+]c2s1.[Cl-]. The highest BCUT2D eigenvalue weighted by Crippen LogP contribution is 2.17. The normalized spacial score (nSPS) is 9.45. The molecule has 0 fully saturated rings. The first-order valence-corrected chi connectivity index (χ1v) is 3.70. The van der Waals surface area contributed by atoms with Crippen LogP contribution in [0.25, 0.3) is 10.3 Å². The monoisotopic (exact) mass is 187 g/mol. The Kier molecular flexibility index (Phi) is 2.26. The number of rotatable bonds is 0. The molecule has 0 amide bonds. The lowest BCUT2D eigenvalue weighted by Crippen LogP contribution is -3.00. The molecule has 3 N–H and O–H groups in total. The van der Waals surface area contributed by atoms with Gasteiger partial charge in [-0.25, -0.2) is 9.97 Å². The molecule has 0 unspecified atom stereocenters. The van der Waals surface area contributed by atoms with Gasteiger partial charge >= 0.3 is 0 Å². The van der Waals surface area contributed by atoms with E-state index in [9.17, 15) is 0 Å². The Balaban J connectivity index is 0.000000605. The molecule has 0 saturated carbocycles. The highest BCUT2D eigenvalue weighted by molar-refractivity contribution is 7.21. The topological polar surface area (TPSA) is 53.0 Å². The first-order valence-electron chi connectivity index (χ1n) is 2.89. The van der Waals surface area contributed by atoms with Crippen LogP contribution in [-0.2, 0) is 0 Å². The second-order valence-electron chi connectivity index (χ2n) is 1.94. The van der Waals surface area contributed by atoms with Gasteiger partial charge in [-0.2, -0.15) is 0 Å². The van der Waals surface area contributed by atoms with E-state index in [1.54, 1.807) is 0 Å². The van der Waals surface area contributed by atoms with E-state index >= 15 is 0 Å². The number of hydrogen-bond acceptors (Lipinski definition) is 3. The third-order valence-electron chi connectivity index (χ3n) is 1.23.